The third-order valence-corrected chi connectivity index (χ3v) is 4.85. The number of amides is 1. The fraction of sp³-hybridized carbons (Fsp3) is 0.158. The van der Waals surface area contributed by atoms with Crippen molar-refractivity contribution in [3.8, 4) is 11.5 Å². The van der Waals surface area contributed by atoms with E-state index in [0.29, 0.717) is 15.6 Å². The second-order valence-corrected chi connectivity index (χ2v) is 7.32. The van der Waals surface area contributed by atoms with Crippen LogP contribution in [0.1, 0.15) is 16.7 Å². The number of nitrogens with one attached hydrogen (secondary N) is 1. The third-order valence-electron chi connectivity index (χ3n) is 3.66. The van der Waals surface area contributed by atoms with Gasteiger partial charge in [-0.3, -0.25) is 4.79 Å². The molecule has 1 aliphatic rings. The number of aromatic hydroxyl groups is 1. The zero-order valence-corrected chi connectivity index (χ0v) is 16.0. The number of nitrogens with zero attached hydrogens (tertiary/aromatic N) is 1. The van der Waals surface area contributed by atoms with E-state index in [2.05, 4.69) is 16.4 Å². The van der Waals surface area contributed by atoms with Crippen LogP contribution in [0.2, 0.25) is 5.02 Å². The van der Waals surface area contributed by atoms with Crippen molar-refractivity contribution in [2.45, 2.75) is 13.8 Å². The Labute approximate surface area is 160 Å². The summed E-state index contributed by atoms with van der Waals surface area (Å²) in [4.78, 5) is 17.2. The molecule has 0 atom stereocenters. The normalized spacial score (nSPS) is 17.0. The Morgan fingerprint density at radius 3 is 2.54 bits per heavy atom. The fourth-order valence-electron chi connectivity index (χ4n) is 2.60. The van der Waals surface area contributed by atoms with E-state index in [1.165, 1.54) is 18.9 Å². The van der Waals surface area contributed by atoms with Gasteiger partial charge in [-0.2, -0.15) is 0 Å². The molecule has 5 nitrogen and oxygen atoms in total. The molecule has 2 aromatic rings. The van der Waals surface area contributed by atoms with Crippen molar-refractivity contribution in [3.05, 3.63) is 56.9 Å². The number of amidine groups is 1. The van der Waals surface area contributed by atoms with Gasteiger partial charge < -0.3 is 15.2 Å². The Morgan fingerprint density at radius 2 is 1.88 bits per heavy atom. The maximum Gasteiger partial charge on any atom is 0.264 e. The number of aryl methyl sites for hydroxylation is 2. The van der Waals surface area contributed by atoms with Gasteiger partial charge in [0.05, 0.1) is 22.7 Å². The van der Waals surface area contributed by atoms with E-state index in [1.54, 1.807) is 18.2 Å². The first-order valence-electron chi connectivity index (χ1n) is 7.80. The summed E-state index contributed by atoms with van der Waals surface area (Å²) in [6.07, 6.45) is 1.68. The minimum Gasteiger partial charge on any atom is -0.503 e. The number of phenolic OH excluding ortho intramolecular Hbond substituents is 1. The molecule has 134 valence electrons. The van der Waals surface area contributed by atoms with Crippen molar-refractivity contribution in [2.75, 3.05) is 7.11 Å². The number of thioether (sulfide) groups is 1. The number of phenols is 1. The first kappa shape index (κ1) is 18.4. The maximum absolute atomic E-state index is 12.2. The largest absolute Gasteiger partial charge is 0.503 e. The summed E-state index contributed by atoms with van der Waals surface area (Å²) >= 11 is 7.24. The number of halogens is 1. The summed E-state index contributed by atoms with van der Waals surface area (Å²) in [5.41, 5.74) is 3.66. The highest BCUT2D eigenvalue weighted by Crippen LogP contribution is 2.37. The van der Waals surface area contributed by atoms with Gasteiger partial charge in [-0.25, -0.2) is 4.99 Å². The van der Waals surface area contributed by atoms with Gasteiger partial charge in [0.25, 0.3) is 5.91 Å². The molecule has 3 rings (SSSR count). The molecule has 1 aliphatic heterocycles. The molecule has 7 heteroatoms. The van der Waals surface area contributed by atoms with Crippen molar-refractivity contribution in [1.82, 2.24) is 5.32 Å². The van der Waals surface area contributed by atoms with Crippen LogP contribution >= 0.6 is 23.4 Å². The number of aliphatic imine (C=N–C) groups is 1. The smallest absolute Gasteiger partial charge is 0.264 e. The molecule has 26 heavy (non-hydrogen) atoms. The van der Waals surface area contributed by atoms with Gasteiger partial charge in [-0.15, -0.1) is 0 Å². The number of benzene rings is 2. The quantitative estimate of drug-likeness (QED) is 0.756. The Kier molecular flexibility index (Phi) is 5.25. The van der Waals surface area contributed by atoms with E-state index in [9.17, 15) is 9.90 Å². The Hall–Kier alpha value is -2.44. The van der Waals surface area contributed by atoms with Gasteiger partial charge in [0.1, 0.15) is 0 Å². The van der Waals surface area contributed by atoms with E-state index in [0.717, 1.165) is 16.8 Å². The molecule has 2 N–H and O–H groups in total. The van der Waals surface area contributed by atoms with Crippen molar-refractivity contribution in [2.24, 2.45) is 4.99 Å². The van der Waals surface area contributed by atoms with Crippen LogP contribution in [-0.2, 0) is 4.79 Å². The first-order chi connectivity index (χ1) is 12.4. The topological polar surface area (TPSA) is 70.9 Å². The average Bonchev–Trinajstić information content (AvgIpc) is 2.89. The Morgan fingerprint density at radius 1 is 1.19 bits per heavy atom. The SMILES string of the molecule is COc1cc(/C=C2\SC(=Nc3cc(C)cc(C)c3)NC2=O)cc(Cl)c1O. The molecule has 1 fully saturated rings. The predicted octanol–water partition coefficient (Wildman–Crippen LogP) is 4.56. The molecular weight excluding hydrogens is 372 g/mol. The first-order valence-corrected chi connectivity index (χ1v) is 8.99. The van der Waals surface area contributed by atoms with Gasteiger partial charge in [0.2, 0.25) is 0 Å². The molecule has 0 aliphatic carbocycles. The molecule has 0 bridgehead atoms. The Bertz CT molecular complexity index is 934. The van der Waals surface area contributed by atoms with Crippen molar-refractivity contribution >= 4 is 46.2 Å². The van der Waals surface area contributed by atoms with E-state index in [1.807, 2.05) is 26.0 Å². The molecule has 1 heterocycles. The minimum atomic E-state index is -0.235. The summed E-state index contributed by atoms with van der Waals surface area (Å²) in [6.45, 7) is 4.01. The van der Waals surface area contributed by atoms with E-state index < -0.39 is 0 Å². The van der Waals surface area contributed by atoms with Crippen LogP contribution in [0.4, 0.5) is 5.69 Å². The van der Waals surface area contributed by atoms with Gasteiger partial charge in [-0.05, 0) is 72.6 Å². The molecule has 2 aromatic carbocycles. The van der Waals surface area contributed by atoms with Crippen LogP contribution in [0, 0.1) is 13.8 Å². The number of methoxy groups -OCH3 is 1. The van der Waals surface area contributed by atoms with Crippen LogP contribution in [0.5, 0.6) is 11.5 Å². The van der Waals surface area contributed by atoms with Gasteiger partial charge in [0.15, 0.2) is 16.7 Å². The monoisotopic (exact) mass is 388 g/mol. The molecule has 0 aromatic heterocycles. The van der Waals surface area contributed by atoms with Crippen LogP contribution < -0.4 is 10.1 Å². The summed E-state index contributed by atoms with van der Waals surface area (Å²) in [6, 6.07) is 9.16. The number of hydrogen-bond donors (Lipinski definition) is 2. The summed E-state index contributed by atoms with van der Waals surface area (Å²) in [7, 11) is 1.44. The Balaban J connectivity index is 1.89. The van der Waals surface area contributed by atoms with Gasteiger partial charge in [-0.1, -0.05) is 17.7 Å². The van der Waals surface area contributed by atoms with Gasteiger partial charge >= 0.3 is 0 Å². The number of ether oxygens (including phenoxy) is 1. The van der Waals surface area contributed by atoms with Crippen LogP contribution in [0.15, 0.2) is 40.2 Å². The number of hydrogen-bond acceptors (Lipinski definition) is 5. The number of carbonyl (C=O) groups is 1. The van der Waals surface area contributed by atoms with Crippen LogP contribution in [0.25, 0.3) is 6.08 Å². The zero-order chi connectivity index (χ0) is 18.8. The summed E-state index contributed by atoms with van der Waals surface area (Å²) in [5.74, 6) is -0.116. The molecule has 0 saturated carbocycles. The minimum absolute atomic E-state index is 0.128. The lowest BCUT2D eigenvalue weighted by molar-refractivity contribution is -0.115. The molecule has 1 saturated heterocycles. The van der Waals surface area contributed by atoms with Crippen molar-refractivity contribution < 1.29 is 14.6 Å². The highest BCUT2D eigenvalue weighted by atomic mass is 35.5. The van der Waals surface area contributed by atoms with Crippen molar-refractivity contribution in [1.29, 1.82) is 0 Å². The third kappa shape index (κ3) is 4.03. The molecule has 1 amide bonds. The van der Waals surface area contributed by atoms with Crippen LogP contribution in [-0.4, -0.2) is 23.3 Å². The molecule has 0 radical (unpaired) electrons. The standard InChI is InChI=1S/C19H17ClN2O3S/c1-10-4-11(2)6-13(5-10)21-19-22-18(24)16(26-19)9-12-7-14(20)17(23)15(8-12)25-3/h4-9,23H,1-3H3,(H,21,22,24)/b16-9-. The average molecular weight is 389 g/mol. The van der Waals surface area contributed by atoms with Gasteiger partial charge in [0, 0.05) is 0 Å². The molecule has 0 unspecified atom stereocenters. The number of carbonyl (C=O) groups excluding carboxylic acids is 1. The fourth-order valence-corrected chi connectivity index (χ4v) is 3.66. The highest BCUT2D eigenvalue weighted by molar-refractivity contribution is 8.18. The number of rotatable bonds is 3. The van der Waals surface area contributed by atoms with Crippen LogP contribution in [0.3, 0.4) is 0 Å². The van der Waals surface area contributed by atoms with E-state index >= 15 is 0 Å². The molecule has 0 spiro atoms. The second kappa shape index (κ2) is 7.43. The highest BCUT2D eigenvalue weighted by Gasteiger charge is 2.24. The maximum atomic E-state index is 12.2. The van der Waals surface area contributed by atoms with E-state index in [4.69, 9.17) is 16.3 Å². The van der Waals surface area contributed by atoms with Crippen molar-refractivity contribution in [3.63, 3.8) is 0 Å². The zero-order valence-electron chi connectivity index (χ0n) is 14.5. The summed E-state index contributed by atoms with van der Waals surface area (Å²) < 4.78 is 5.09. The lowest BCUT2D eigenvalue weighted by Gasteiger charge is -2.06. The lowest BCUT2D eigenvalue weighted by atomic mass is 10.1. The molecular formula is C19H17ClN2O3S. The second-order valence-electron chi connectivity index (χ2n) is 5.88. The van der Waals surface area contributed by atoms with E-state index in [-0.39, 0.29) is 22.4 Å². The predicted molar refractivity (Wildman–Crippen MR) is 106 cm³/mol. The summed E-state index contributed by atoms with van der Waals surface area (Å²) in [5, 5.41) is 13.2. The lowest BCUT2D eigenvalue weighted by Crippen LogP contribution is -2.19.